The number of esters is 1. The van der Waals surface area contributed by atoms with Gasteiger partial charge in [0.2, 0.25) is 0 Å². The van der Waals surface area contributed by atoms with Crippen LogP contribution in [0.4, 0.5) is 0 Å². The third-order valence-electron chi connectivity index (χ3n) is 2.95. The topological polar surface area (TPSA) is 115 Å². The van der Waals surface area contributed by atoms with Crippen molar-refractivity contribution < 1.29 is 65.4 Å². The predicted molar refractivity (Wildman–Crippen MR) is 83.0 cm³/mol. The van der Waals surface area contributed by atoms with Crippen molar-refractivity contribution in [3.8, 4) is 11.5 Å². The maximum absolute atomic E-state index is 12.4. The van der Waals surface area contributed by atoms with Gasteiger partial charge in [-0.1, -0.05) is 0 Å². The van der Waals surface area contributed by atoms with E-state index in [2.05, 4.69) is 4.18 Å². The Morgan fingerprint density at radius 2 is 1.80 bits per heavy atom. The summed E-state index contributed by atoms with van der Waals surface area (Å²) in [5.41, 5.74) is -0.339. The van der Waals surface area contributed by atoms with Crippen LogP contribution in [0.15, 0.2) is 16.5 Å². The van der Waals surface area contributed by atoms with E-state index in [0.717, 1.165) is 0 Å². The van der Waals surface area contributed by atoms with Gasteiger partial charge >= 0.3 is 35.5 Å². The molecule has 0 fully saturated rings. The standard InChI is InChI=1S/C15H18O8S.Na/c1-8-13(14(16)22-15(2,3)4)9-6-12(23-24(17,18)19)11(20-5)7-10(9)21-8;/h6-7H,1-5H3,(H,17,18,19);/q;+1/p-1. The average molecular weight is 380 g/mol. The van der Waals surface area contributed by atoms with Gasteiger partial charge in [-0.2, -0.15) is 0 Å². The first-order chi connectivity index (χ1) is 10.9. The van der Waals surface area contributed by atoms with E-state index in [1.54, 1.807) is 27.7 Å². The quantitative estimate of drug-likeness (QED) is 0.303. The number of methoxy groups -OCH3 is 1. The van der Waals surface area contributed by atoms with E-state index >= 15 is 0 Å². The summed E-state index contributed by atoms with van der Waals surface area (Å²) in [7, 11) is -3.74. The van der Waals surface area contributed by atoms with Gasteiger partial charge in [-0.15, -0.1) is 0 Å². The molecule has 0 aliphatic rings. The maximum atomic E-state index is 12.4. The SMILES string of the molecule is COc1cc2oc(C)c(C(=O)OC(C)(C)C)c2cc1OS(=O)(=O)[O-].[Na+]. The Morgan fingerprint density at radius 1 is 1.20 bits per heavy atom. The smallest absolute Gasteiger partial charge is 0.716 e. The minimum Gasteiger partial charge on any atom is -0.716 e. The average Bonchev–Trinajstić information content (AvgIpc) is 2.68. The summed E-state index contributed by atoms with van der Waals surface area (Å²) >= 11 is 0. The van der Waals surface area contributed by atoms with Crippen molar-refractivity contribution in [1.82, 2.24) is 0 Å². The number of aryl methyl sites for hydroxylation is 1. The number of benzene rings is 1. The van der Waals surface area contributed by atoms with Crippen LogP contribution in [-0.2, 0) is 15.1 Å². The van der Waals surface area contributed by atoms with Gasteiger partial charge in [-0.05, 0) is 33.8 Å². The number of fused-ring (bicyclic) bond motifs is 1. The van der Waals surface area contributed by atoms with Crippen LogP contribution in [0.5, 0.6) is 11.5 Å². The van der Waals surface area contributed by atoms with Crippen molar-refractivity contribution in [2.45, 2.75) is 33.3 Å². The first kappa shape index (κ1) is 21.8. The molecule has 1 aromatic carbocycles. The van der Waals surface area contributed by atoms with Gasteiger partial charge in [0.05, 0.1) is 7.11 Å². The zero-order chi connectivity index (χ0) is 18.3. The van der Waals surface area contributed by atoms with Crippen LogP contribution in [0.3, 0.4) is 0 Å². The molecule has 0 aliphatic carbocycles. The molecule has 0 N–H and O–H groups in total. The molecule has 2 rings (SSSR count). The van der Waals surface area contributed by atoms with Crippen molar-refractivity contribution in [1.29, 1.82) is 0 Å². The number of hydrogen-bond acceptors (Lipinski definition) is 8. The normalized spacial score (nSPS) is 11.8. The Hall–Kier alpha value is -1.26. The third kappa shape index (κ3) is 5.35. The van der Waals surface area contributed by atoms with Gasteiger partial charge in [0.25, 0.3) is 10.4 Å². The van der Waals surface area contributed by atoms with E-state index in [1.807, 2.05) is 0 Å². The Morgan fingerprint density at radius 3 is 2.28 bits per heavy atom. The molecule has 0 aliphatic heterocycles. The summed E-state index contributed by atoms with van der Waals surface area (Å²) in [4.78, 5) is 12.4. The number of ether oxygens (including phenoxy) is 2. The van der Waals surface area contributed by atoms with Crippen molar-refractivity contribution in [3.63, 3.8) is 0 Å². The molecule has 0 bridgehead atoms. The van der Waals surface area contributed by atoms with E-state index in [9.17, 15) is 17.8 Å². The Labute approximate surface area is 167 Å². The van der Waals surface area contributed by atoms with Crippen LogP contribution in [0, 0.1) is 6.92 Å². The molecule has 0 amide bonds. The Kier molecular flexibility index (Phi) is 6.57. The summed E-state index contributed by atoms with van der Waals surface area (Å²) in [6.45, 7) is 6.70. The van der Waals surface area contributed by atoms with Crippen LogP contribution in [0.2, 0.25) is 0 Å². The van der Waals surface area contributed by atoms with Gasteiger partial charge in [0, 0.05) is 11.5 Å². The summed E-state index contributed by atoms with van der Waals surface area (Å²) in [5, 5.41) is 0.251. The van der Waals surface area contributed by atoms with Gasteiger partial charge in [-0.25, -0.2) is 13.2 Å². The molecule has 0 saturated carbocycles. The summed E-state index contributed by atoms with van der Waals surface area (Å²) in [6.07, 6.45) is 0. The van der Waals surface area contributed by atoms with Gasteiger partial charge < -0.3 is 22.6 Å². The van der Waals surface area contributed by atoms with E-state index in [-0.39, 0.29) is 63.3 Å². The van der Waals surface area contributed by atoms with E-state index in [1.165, 1.54) is 19.2 Å². The molecule has 0 radical (unpaired) electrons. The fourth-order valence-electron chi connectivity index (χ4n) is 2.14. The molecular formula is C15H17NaO8S. The molecule has 25 heavy (non-hydrogen) atoms. The zero-order valence-corrected chi connectivity index (χ0v) is 17.6. The van der Waals surface area contributed by atoms with Crippen molar-refractivity contribution in [3.05, 3.63) is 23.5 Å². The number of carbonyl (C=O) groups excluding carboxylic acids is 1. The molecular weight excluding hydrogens is 363 g/mol. The van der Waals surface area contributed by atoms with Crippen LogP contribution < -0.4 is 38.5 Å². The number of furan rings is 1. The second-order valence-electron chi connectivity index (χ2n) is 6.03. The molecule has 0 spiro atoms. The largest absolute Gasteiger partial charge is 1.00 e. The number of hydrogen-bond donors (Lipinski definition) is 0. The Bertz CT molecular complexity index is 892. The number of rotatable bonds is 4. The molecule has 2 aromatic rings. The van der Waals surface area contributed by atoms with Gasteiger partial charge in [-0.3, -0.25) is 0 Å². The maximum Gasteiger partial charge on any atom is 1.00 e. The Balaban J connectivity index is 0.00000312. The zero-order valence-electron chi connectivity index (χ0n) is 14.8. The van der Waals surface area contributed by atoms with Crippen molar-refractivity contribution in [2.24, 2.45) is 0 Å². The van der Waals surface area contributed by atoms with Gasteiger partial charge in [0.15, 0.2) is 11.5 Å². The molecule has 0 saturated heterocycles. The molecule has 10 heteroatoms. The third-order valence-corrected chi connectivity index (χ3v) is 3.33. The van der Waals surface area contributed by atoms with E-state index in [4.69, 9.17) is 13.9 Å². The first-order valence-corrected chi connectivity index (χ1v) is 8.24. The summed E-state index contributed by atoms with van der Waals surface area (Å²) in [6, 6.07) is 2.52. The first-order valence-electron chi connectivity index (χ1n) is 6.91. The van der Waals surface area contributed by atoms with Crippen molar-refractivity contribution >= 4 is 27.3 Å². The van der Waals surface area contributed by atoms with Crippen LogP contribution >= 0.6 is 0 Å². The van der Waals surface area contributed by atoms with Crippen LogP contribution in [0.25, 0.3) is 11.0 Å². The molecule has 0 atom stereocenters. The summed E-state index contributed by atoms with van der Waals surface area (Å²) < 4.78 is 52.8. The second-order valence-corrected chi connectivity index (χ2v) is 7.01. The minimum absolute atomic E-state index is 0. The molecule has 8 nitrogen and oxygen atoms in total. The molecule has 0 unspecified atom stereocenters. The van der Waals surface area contributed by atoms with Crippen LogP contribution in [0.1, 0.15) is 36.9 Å². The fourth-order valence-corrected chi connectivity index (χ4v) is 2.49. The summed E-state index contributed by atoms with van der Waals surface area (Å²) in [5.74, 6) is -0.722. The van der Waals surface area contributed by atoms with Crippen molar-refractivity contribution in [2.75, 3.05) is 7.11 Å². The fraction of sp³-hybridized carbons (Fsp3) is 0.400. The van der Waals surface area contributed by atoms with E-state index in [0.29, 0.717) is 0 Å². The predicted octanol–water partition coefficient (Wildman–Crippen LogP) is -0.452. The second kappa shape index (κ2) is 7.55. The minimum atomic E-state index is -5.01. The number of carbonyl (C=O) groups is 1. The molecule has 132 valence electrons. The monoisotopic (exact) mass is 380 g/mol. The van der Waals surface area contributed by atoms with Gasteiger partial charge in [0.1, 0.15) is 22.5 Å². The molecule has 1 aromatic heterocycles. The molecule has 1 heterocycles. The van der Waals surface area contributed by atoms with Crippen LogP contribution in [-0.4, -0.2) is 31.7 Å². The van der Waals surface area contributed by atoms with E-state index < -0.39 is 22.0 Å².